The molecule has 1 unspecified atom stereocenters. The summed E-state index contributed by atoms with van der Waals surface area (Å²) in [6, 6.07) is 9.81. The fraction of sp³-hybridized carbons (Fsp3) is 0.462. The van der Waals surface area contributed by atoms with Gasteiger partial charge in [0.2, 0.25) is 5.91 Å². The van der Waals surface area contributed by atoms with Crippen molar-refractivity contribution in [3.8, 4) is 0 Å². The summed E-state index contributed by atoms with van der Waals surface area (Å²) in [6.45, 7) is 3.93. The van der Waals surface area contributed by atoms with Gasteiger partial charge in [-0.15, -0.1) is 11.6 Å². The number of carbonyl (C=O) groups excluding carboxylic acids is 1. The van der Waals surface area contributed by atoms with Gasteiger partial charge in [0.1, 0.15) is 0 Å². The van der Waals surface area contributed by atoms with Crippen LogP contribution in [0.1, 0.15) is 32.3 Å². The molecule has 1 N–H and O–H groups in total. The molecule has 0 aromatic heterocycles. The van der Waals surface area contributed by atoms with Crippen molar-refractivity contribution in [1.29, 1.82) is 0 Å². The van der Waals surface area contributed by atoms with Crippen molar-refractivity contribution in [1.82, 2.24) is 5.32 Å². The highest BCUT2D eigenvalue weighted by Gasteiger charge is 2.26. The molecule has 1 atom stereocenters. The molecule has 0 fully saturated rings. The lowest BCUT2D eigenvalue weighted by molar-refractivity contribution is -0.122. The van der Waals surface area contributed by atoms with Crippen molar-refractivity contribution in [2.24, 2.45) is 0 Å². The van der Waals surface area contributed by atoms with Gasteiger partial charge in [0, 0.05) is 12.3 Å². The van der Waals surface area contributed by atoms with E-state index in [1.165, 1.54) is 0 Å². The van der Waals surface area contributed by atoms with Crippen LogP contribution in [0.2, 0.25) is 0 Å². The van der Waals surface area contributed by atoms with E-state index < -0.39 is 5.54 Å². The third-order valence-corrected chi connectivity index (χ3v) is 3.11. The van der Waals surface area contributed by atoms with Crippen molar-refractivity contribution >= 4 is 17.5 Å². The summed E-state index contributed by atoms with van der Waals surface area (Å²) >= 11 is 5.97. The summed E-state index contributed by atoms with van der Waals surface area (Å²) < 4.78 is 0. The maximum Gasteiger partial charge on any atom is 0.220 e. The quantitative estimate of drug-likeness (QED) is 0.787. The summed E-state index contributed by atoms with van der Waals surface area (Å²) in [5.74, 6) is 0.418. The molecular weight excluding hydrogens is 222 g/mol. The van der Waals surface area contributed by atoms with Crippen LogP contribution < -0.4 is 5.32 Å². The molecule has 0 aliphatic heterocycles. The average molecular weight is 240 g/mol. The van der Waals surface area contributed by atoms with Gasteiger partial charge in [-0.1, -0.05) is 37.3 Å². The predicted molar refractivity (Wildman–Crippen MR) is 67.6 cm³/mol. The number of alkyl halides is 1. The third kappa shape index (κ3) is 3.24. The number of benzene rings is 1. The highest BCUT2D eigenvalue weighted by molar-refractivity contribution is 6.18. The standard InChI is InChI=1S/C13H18ClNO/c1-3-7-12(16)15-13(2,10-14)11-8-5-4-6-9-11/h4-6,8-9H,3,7,10H2,1-2H3,(H,15,16). The Labute approximate surface area is 102 Å². The fourth-order valence-corrected chi connectivity index (χ4v) is 1.81. The minimum absolute atomic E-state index is 0.0505. The van der Waals surface area contributed by atoms with Gasteiger partial charge in [-0.3, -0.25) is 4.79 Å². The largest absolute Gasteiger partial charge is 0.346 e. The normalized spacial score (nSPS) is 14.2. The van der Waals surface area contributed by atoms with Gasteiger partial charge in [-0.05, 0) is 18.9 Å². The molecule has 0 spiro atoms. The van der Waals surface area contributed by atoms with E-state index in [4.69, 9.17) is 11.6 Å². The van der Waals surface area contributed by atoms with Gasteiger partial charge < -0.3 is 5.32 Å². The Morgan fingerprint density at radius 1 is 1.38 bits per heavy atom. The van der Waals surface area contributed by atoms with E-state index in [0.29, 0.717) is 12.3 Å². The molecule has 3 heteroatoms. The van der Waals surface area contributed by atoms with Crippen molar-refractivity contribution in [2.45, 2.75) is 32.2 Å². The Kier molecular flexibility index (Phi) is 4.81. The molecule has 1 aromatic carbocycles. The minimum Gasteiger partial charge on any atom is -0.346 e. The molecule has 0 heterocycles. The van der Waals surface area contributed by atoms with E-state index in [9.17, 15) is 4.79 Å². The molecule has 88 valence electrons. The van der Waals surface area contributed by atoms with Crippen LogP contribution in [0.25, 0.3) is 0 Å². The average Bonchev–Trinajstić information content (AvgIpc) is 2.30. The second-order valence-corrected chi connectivity index (χ2v) is 4.40. The van der Waals surface area contributed by atoms with Gasteiger partial charge in [0.15, 0.2) is 0 Å². The van der Waals surface area contributed by atoms with Crippen LogP contribution in [0.3, 0.4) is 0 Å². The predicted octanol–water partition coefficient (Wildman–Crippen LogP) is 3.06. The number of hydrogen-bond acceptors (Lipinski definition) is 1. The summed E-state index contributed by atoms with van der Waals surface area (Å²) in [4.78, 5) is 11.6. The van der Waals surface area contributed by atoms with Crippen LogP contribution >= 0.6 is 11.6 Å². The summed E-state index contributed by atoms with van der Waals surface area (Å²) in [7, 11) is 0. The number of hydrogen-bond donors (Lipinski definition) is 1. The Morgan fingerprint density at radius 2 is 2.00 bits per heavy atom. The molecule has 1 amide bonds. The number of amides is 1. The van der Waals surface area contributed by atoms with E-state index >= 15 is 0 Å². The van der Waals surface area contributed by atoms with Crippen LogP contribution in [0.5, 0.6) is 0 Å². The van der Waals surface area contributed by atoms with Crippen molar-refractivity contribution in [2.75, 3.05) is 5.88 Å². The molecule has 1 aromatic rings. The fourth-order valence-electron chi connectivity index (χ4n) is 1.59. The first-order chi connectivity index (χ1) is 7.62. The van der Waals surface area contributed by atoms with E-state index in [-0.39, 0.29) is 5.91 Å². The first-order valence-corrected chi connectivity index (χ1v) is 6.08. The molecule has 0 saturated carbocycles. The molecule has 2 nitrogen and oxygen atoms in total. The van der Waals surface area contributed by atoms with E-state index in [0.717, 1.165) is 12.0 Å². The van der Waals surface area contributed by atoms with Crippen molar-refractivity contribution < 1.29 is 4.79 Å². The Hall–Kier alpha value is -1.02. The van der Waals surface area contributed by atoms with Crippen LogP contribution in [-0.4, -0.2) is 11.8 Å². The van der Waals surface area contributed by atoms with Gasteiger partial charge in [-0.2, -0.15) is 0 Å². The van der Waals surface area contributed by atoms with Gasteiger partial charge in [0.25, 0.3) is 0 Å². The van der Waals surface area contributed by atoms with Crippen LogP contribution in [0.15, 0.2) is 30.3 Å². The number of carbonyl (C=O) groups is 1. The topological polar surface area (TPSA) is 29.1 Å². The van der Waals surface area contributed by atoms with Gasteiger partial charge in [-0.25, -0.2) is 0 Å². The van der Waals surface area contributed by atoms with E-state index in [1.807, 2.05) is 44.2 Å². The molecule has 0 aliphatic carbocycles. The highest BCUT2D eigenvalue weighted by atomic mass is 35.5. The number of nitrogens with one attached hydrogen (secondary N) is 1. The summed E-state index contributed by atoms with van der Waals surface area (Å²) in [5.41, 5.74) is 0.559. The minimum atomic E-state index is -0.477. The lowest BCUT2D eigenvalue weighted by atomic mass is 9.94. The van der Waals surface area contributed by atoms with E-state index in [1.54, 1.807) is 0 Å². The van der Waals surface area contributed by atoms with Crippen molar-refractivity contribution in [3.63, 3.8) is 0 Å². The van der Waals surface area contributed by atoms with E-state index in [2.05, 4.69) is 5.32 Å². The zero-order valence-corrected chi connectivity index (χ0v) is 10.6. The van der Waals surface area contributed by atoms with Crippen LogP contribution in [0.4, 0.5) is 0 Å². The molecule has 0 saturated heterocycles. The Balaban J connectivity index is 2.82. The first-order valence-electron chi connectivity index (χ1n) is 5.55. The molecule has 0 aliphatic rings. The lowest BCUT2D eigenvalue weighted by Crippen LogP contribution is -2.44. The maximum absolute atomic E-state index is 11.6. The molecule has 0 radical (unpaired) electrons. The molecule has 0 bridgehead atoms. The molecule has 16 heavy (non-hydrogen) atoms. The summed E-state index contributed by atoms with van der Waals surface area (Å²) in [5, 5.41) is 2.99. The lowest BCUT2D eigenvalue weighted by Gasteiger charge is -2.29. The highest BCUT2D eigenvalue weighted by Crippen LogP contribution is 2.22. The third-order valence-electron chi connectivity index (χ3n) is 2.57. The number of halogens is 1. The number of rotatable bonds is 5. The molecular formula is C13H18ClNO. The van der Waals surface area contributed by atoms with Crippen LogP contribution in [0, 0.1) is 0 Å². The Morgan fingerprint density at radius 3 is 2.50 bits per heavy atom. The maximum atomic E-state index is 11.6. The van der Waals surface area contributed by atoms with Crippen LogP contribution in [-0.2, 0) is 10.3 Å². The zero-order valence-electron chi connectivity index (χ0n) is 9.79. The monoisotopic (exact) mass is 239 g/mol. The van der Waals surface area contributed by atoms with Gasteiger partial charge in [0.05, 0.1) is 5.54 Å². The first kappa shape index (κ1) is 13.0. The smallest absolute Gasteiger partial charge is 0.220 e. The summed E-state index contributed by atoms with van der Waals surface area (Å²) in [6.07, 6.45) is 1.39. The van der Waals surface area contributed by atoms with Crippen molar-refractivity contribution in [3.05, 3.63) is 35.9 Å². The SMILES string of the molecule is CCCC(=O)NC(C)(CCl)c1ccccc1. The molecule has 1 rings (SSSR count). The second kappa shape index (κ2) is 5.90. The zero-order chi connectivity index (χ0) is 12.0. The second-order valence-electron chi connectivity index (χ2n) is 4.13. The Bertz CT molecular complexity index is 339. The van der Waals surface area contributed by atoms with Gasteiger partial charge >= 0.3 is 0 Å².